The summed E-state index contributed by atoms with van der Waals surface area (Å²) in [5, 5.41) is 7.68. The van der Waals surface area contributed by atoms with Crippen LogP contribution in [-0.2, 0) is 0 Å². The van der Waals surface area contributed by atoms with E-state index in [0.29, 0.717) is 0 Å². The zero-order valence-electron chi connectivity index (χ0n) is 14.4. The van der Waals surface area contributed by atoms with Crippen molar-refractivity contribution in [1.29, 1.82) is 0 Å². The van der Waals surface area contributed by atoms with Crippen molar-refractivity contribution in [3.63, 3.8) is 0 Å². The average Bonchev–Trinajstić information content (AvgIpc) is 3.37. The fourth-order valence-corrected chi connectivity index (χ4v) is 4.74. The van der Waals surface area contributed by atoms with E-state index in [0.717, 1.165) is 0 Å². The van der Waals surface area contributed by atoms with Crippen LogP contribution in [0.15, 0.2) is 72.8 Å². The second-order valence-corrected chi connectivity index (χ2v) is 7.29. The second-order valence-electron chi connectivity index (χ2n) is 7.29. The number of hydrogen-bond donors (Lipinski definition) is 3. The lowest BCUT2D eigenvalue weighted by Gasteiger charge is -1.97. The maximum Gasteiger partial charge on any atom is 0.0566 e. The highest BCUT2D eigenvalue weighted by molar-refractivity contribution is 6.32. The van der Waals surface area contributed by atoms with E-state index in [1.165, 1.54) is 65.4 Å². The number of aromatic amines is 3. The van der Waals surface area contributed by atoms with Crippen LogP contribution in [0.5, 0.6) is 0 Å². The molecule has 3 heteroatoms. The molecule has 0 unspecified atom stereocenters. The summed E-state index contributed by atoms with van der Waals surface area (Å²) in [6.45, 7) is 0. The third kappa shape index (κ3) is 1.57. The van der Waals surface area contributed by atoms with Crippen LogP contribution < -0.4 is 0 Å². The van der Waals surface area contributed by atoms with Crippen LogP contribution in [0.1, 0.15) is 0 Å². The Morgan fingerprint density at radius 1 is 0.370 bits per heavy atom. The number of aromatic nitrogens is 3. The van der Waals surface area contributed by atoms with Crippen molar-refractivity contribution in [2.75, 3.05) is 0 Å². The molecule has 0 spiro atoms. The van der Waals surface area contributed by atoms with Crippen LogP contribution in [-0.4, -0.2) is 15.0 Å². The summed E-state index contributed by atoms with van der Waals surface area (Å²) in [4.78, 5) is 10.8. The Morgan fingerprint density at radius 2 is 0.889 bits per heavy atom. The monoisotopic (exact) mass is 345 g/mol. The van der Waals surface area contributed by atoms with E-state index < -0.39 is 0 Å². The van der Waals surface area contributed by atoms with Crippen LogP contribution in [0.4, 0.5) is 0 Å². The Balaban J connectivity index is 1.80. The minimum atomic E-state index is 1.17. The number of para-hydroxylation sites is 2. The third-order valence-electron chi connectivity index (χ3n) is 5.87. The fraction of sp³-hybridized carbons (Fsp3) is 0. The van der Waals surface area contributed by atoms with Gasteiger partial charge in [0.15, 0.2) is 0 Å². The van der Waals surface area contributed by atoms with Crippen molar-refractivity contribution in [3.05, 3.63) is 72.8 Å². The van der Waals surface area contributed by atoms with Gasteiger partial charge in [0.05, 0.1) is 5.52 Å². The number of H-pyrrole nitrogens is 3. The number of hydrogen-bond acceptors (Lipinski definition) is 0. The molecule has 3 N–H and O–H groups in total. The van der Waals surface area contributed by atoms with Crippen LogP contribution in [0.2, 0.25) is 0 Å². The van der Waals surface area contributed by atoms with Gasteiger partial charge in [0.25, 0.3) is 0 Å². The molecule has 4 aromatic carbocycles. The zero-order chi connectivity index (χ0) is 17.5. The summed E-state index contributed by atoms with van der Waals surface area (Å²) in [7, 11) is 0. The minimum absolute atomic E-state index is 1.17. The molecule has 0 aliphatic carbocycles. The van der Waals surface area contributed by atoms with Gasteiger partial charge in [-0.05, 0) is 30.3 Å². The molecule has 7 rings (SSSR count). The molecular formula is C24H15N3. The molecule has 7 aromatic rings. The molecule has 3 nitrogen and oxygen atoms in total. The van der Waals surface area contributed by atoms with Crippen LogP contribution in [0.25, 0.3) is 65.4 Å². The SMILES string of the molecule is c1ccc2c(c1)[nH]c1ccc3c([nH]c4ccc5[nH]c6ccccc6c5c43)c12. The molecular weight excluding hydrogens is 330 g/mol. The molecule has 0 saturated carbocycles. The Kier molecular flexibility index (Phi) is 2.25. The predicted molar refractivity (Wildman–Crippen MR) is 115 cm³/mol. The number of fused-ring (bicyclic) bond motifs is 11. The Labute approximate surface area is 153 Å². The van der Waals surface area contributed by atoms with Crippen LogP contribution >= 0.6 is 0 Å². The summed E-state index contributed by atoms with van der Waals surface area (Å²) >= 11 is 0. The molecule has 3 aromatic heterocycles. The van der Waals surface area contributed by atoms with Crippen molar-refractivity contribution < 1.29 is 0 Å². The molecule has 0 bridgehead atoms. The molecule has 0 aliphatic rings. The van der Waals surface area contributed by atoms with Crippen molar-refractivity contribution >= 4 is 65.4 Å². The lowest BCUT2D eigenvalue weighted by Crippen LogP contribution is -1.72. The normalized spacial score (nSPS) is 12.4. The predicted octanol–water partition coefficient (Wildman–Crippen LogP) is 6.59. The van der Waals surface area contributed by atoms with E-state index in [9.17, 15) is 0 Å². The van der Waals surface area contributed by atoms with E-state index >= 15 is 0 Å². The lowest BCUT2D eigenvalue weighted by atomic mass is 10.0. The van der Waals surface area contributed by atoms with Crippen molar-refractivity contribution in [2.45, 2.75) is 0 Å². The Morgan fingerprint density at radius 3 is 1.63 bits per heavy atom. The smallest absolute Gasteiger partial charge is 0.0566 e. The highest BCUT2D eigenvalue weighted by atomic mass is 14.8. The van der Waals surface area contributed by atoms with Gasteiger partial charge >= 0.3 is 0 Å². The number of nitrogens with one attached hydrogen (secondary N) is 3. The van der Waals surface area contributed by atoms with Crippen molar-refractivity contribution in [2.24, 2.45) is 0 Å². The summed E-state index contributed by atoms with van der Waals surface area (Å²) < 4.78 is 0. The molecule has 0 amide bonds. The molecule has 0 radical (unpaired) electrons. The molecule has 126 valence electrons. The van der Waals surface area contributed by atoms with E-state index in [2.05, 4.69) is 87.7 Å². The summed E-state index contributed by atoms with van der Waals surface area (Å²) in [5.74, 6) is 0. The van der Waals surface area contributed by atoms with Gasteiger partial charge in [-0.15, -0.1) is 0 Å². The van der Waals surface area contributed by atoms with Crippen molar-refractivity contribution in [1.82, 2.24) is 15.0 Å². The average molecular weight is 345 g/mol. The Bertz CT molecular complexity index is 1670. The van der Waals surface area contributed by atoms with Gasteiger partial charge < -0.3 is 15.0 Å². The first kappa shape index (κ1) is 13.5. The molecule has 27 heavy (non-hydrogen) atoms. The zero-order valence-corrected chi connectivity index (χ0v) is 14.4. The largest absolute Gasteiger partial charge is 0.354 e. The third-order valence-corrected chi connectivity index (χ3v) is 5.87. The van der Waals surface area contributed by atoms with Gasteiger partial charge in [0.1, 0.15) is 0 Å². The minimum Gasteiger partial charge on any atom is -0.354 e. The first-order valence-electron chi connectivity index (χ1n) is 9.23. The standard InChI is InChI=1S/C24H15N3/c1-3-7-16-13(5-1)21-18(25-16)11-12-19-22(21)15-9-10-20-23(24(15)27-19)14-6-2-4-8-17(14)26-20/h1-12,25-27H. The second kappa shape index (κ2) is 4.51. The van der Waals surface area contributed by atoms with Gasteiger partial charge in [-0.2, -0.15) is 0 Å². The van der Waals surface area contributed by atoms with Crippen LogP contribution in [0, 0.1) is 0 Å². The Hall–Kier alpha value is -3.72. The number of benzene rings is 4. The fourth-order valence-electron chi connectivity index (χ4n) is 4.74. The highest BCUT2D eigenvalue weighted by Crippen LogP contribution is 2.40. The van der Waals surface area contributed by atoms with E-state index in [1.54, 1.807) is 0 Å². The van der Waals surface area contributed by atoms with Gasteiger partial charge in [-0.1, -0.05) is 42.5 Å². The van der Waals surface area contributed by atoms with Gasteiger partial charge in [-0.3, -0.25) is 0 Å². The summed E-state index contributed by atoms with van der Waals surface area (Å²) in [6.07, 6.45) is 0. The highest BCUT2D eigenvalue weighted by Gasteiger charge is 2.16. The van der Waals surface area contributed by atoms with Crippen LogP contribution in [0.3, 0.4) is 0 Å². The maximum atomic E-state index is 3.71. The number of rotatable bonds is 0. The molecule has 0 fully saturated rings. The first-order valence-corrected chi connectivity index (χ1v) is 9.23. The lowest BCUT2D eigenvalue weighted by molar-refractivity contribution is 1.53. The van der Waals surface area contributed by atoms with Crippen molar-refractivity contribution in [3.8, 4) is 0 Å². The summed E-state index contributed by atoms with van der Waals surface area (Å²) in [6, 6.07) is 25.9. The van der Waals surface area contributed by atoms with E-state index in [4.69, 9.17) is 0 Å². The van der Waals surface area contributed by atoms with Gasteiger partial charge in [0.2, 0.25) is 0 Å². The maximum absolute atomic E-state index is 3.71. The quantitative estimate of drug-likeness (QED) is 0.278. The molecule has 0 atom stereocenters. The van der Waals surface area contributed by atoms with E-state index in [-0.39, 0.29) is 0 Å². The first-order chi connectivity index (χ1) is 13.4. The topological polar surface area (TPSA) is 47.4 Å². The molecule has 3 heterocycles. The summed E-state index contributed by atoms with van der Waals surface area (Å²) in [5.41, 5.74) is 7.10. The molecule has 0 saturated heterocycles. The van der Waals surface area contributed by atoms with Gasteiger partial charge in [-0.25, -0.2) is 0 Å². The molecule has 0 aliphatic heterocycles. The van der Waals surface area contributed by atoms with Gasteiger partial charge in [0, 0.05) is 59.9 Å². The van der Waals surface area contributed by atoms with E-state index in [1.807, 2.05) is 0 Å².